The van der Waals surface area contributed by atoms with Gasteiger partial charge in [0.25, 0.3) is 0 Å². The number of furan rings is 1. The molecule has 206 valence electrons. The number of aryl methyl sites for hydroxylation is 1. The summed E-state index contributed by atoms with van der Waals surface area (Å²) >= 11 is 0. The lowest BCUT2D eigenvalue weighted by Gasteiger charge is -2.30. The third-order valence-corrected chi connectivity index (χ3v) is 7.25. The van der Waals surface area contributed by atoms with Gasteiger partial charge in [-0.2, -0.15) is 0 Å². The van der Waals surface area contributed by atoms with E-state index in [2.05, 4.69) is 26.9 Å². The van der Waals surface area contributed by atoms with Gasteiger partial charge in [0, 0.05) is 29.7 Å². The molecule has 0 spiro atoms. The number of hydrogen-bond donors (Lipinski definition) is 1. The molecule has 2 aliphatic rings. The second-order valence-corrected chi connectivity index (χ2v) is 10.3. The highest BCUT2D eigenvalue weighted by Crippen LogP contribution is 2.40. The quantitative estimate of drug-likeness (QED) is 0.336. The zero-order chi connectivity index (χ0) is 26.7. The number of halogens is 3. The lowest BCUT2D eigenvalue weighted by molar-refractivity contribution is -0.275. The van der Waals surface area contributed by atoms with E-state index in [1.165, 1.54) is 18.9 Å². The van der Waals surface area contributed by atoms with Crippen molar-refractivity contribution in [3.05, 3.63) is 36.1 Å². The molecule has 10 heteroatoms. The van der Waals surface area contributed by atoms with Crippen LogP contribution in [0.2, 0.25) is 0 Å². The number of hydrogen-bond acceptors (Lipinski definition) is 7. The van der Waals surface area contributed by atoms with Crippen LogP contribution in [0.5, 0.6) is 11.5 Å². The van der Waals surface area contributed by atoms with Crippen LogP contribution >= 0.6 is 0 Å². The predicted molar refractivity (Wildman–Crippen MR) is 141 cm³/mol. The first-order chi connectivity index (χ1) is 18.2. The van der Waals surface area contributed by atoms with E-state index < -0.39 is 6.36 Å². The summed E-state index contributed by atoms with van der Waals surface area (Å²) in [5.74, 6) is 1.02. The molecule has 0 bridgehead atoms. The van der Waals surface area contributed by atoms with Crippen LogP contribution in [0.4, 0.5) is 18.9 Å². The summed E-state index contributed by atoms with van der Waals surface area (Å²) in [6, 6.07) is 8.68. The van der Waals surface area contributed by atoms with Crippen LogP contribution < -0.4 is 14.8 Å². The molecule has 2 fully saturated rings. The zero-order valence-electron chi connectivity index (χ0n) is 21.9. The molecule has 0 amide bonds. The molecular formula is C28H35F3N4O3. The van der Waals surface area contributed by atoms with Crippen LogP contribution in [0.25, 0.3) is 22.4 Å². The molecule has 2 saturated heterocycles. The Balaban J connectivity index is 1.48. The van der Waals surface area contributed by atoms with Gasteiger partial charge in [0.05, 0.1) is 12.1 Å². The molecule has 2 aromatic heterocycles. The Bertz CT molecular complexity index is 1230. The second-order valence-electron chi connectivity index (χ2n) is 10.3. The maximum Gasteiger partial charge on any atom is 0.573 e. The van der Waals surface area contributed by atoms with Crippen LogP contribution in [-0.4, -0.2) is 73.6 Å². The molecule has 0 saturated carbocycles. The van der Waals surface area contributed by atoms with E-state index in [-0.39, 0.29) is 24.1 Å². The summed E-state index contributed by atoms with van der Waals surface area (Å²) < 4.78 is 56.3. The van der Waals surface area contributed by atoms with Gasteiger partial charge in [-0.05, 0) is 96.5 Å². The first-order valence-corrected chi connectivity index (χ1v) is 13.3. The fourth-order valence-electron chi connectivity index (χ4n) is 5.22. The molecular weight excluding hydrogens is 497 g/mol. The summed E-state index contributed by atoms with van der Waals surface area (Å²) in [6.45, 7) is 7.01. The van der Waals surface area contributed by atoms with Gasteiger partial charge in [0.15, 0.2) is 17.3 Å². The number of pyridine rings is 1. The van der Waals surface area contributed by atoms with Crippen molar-refractivity contribution in [3.63, 3.8) is 0 Å². The average molecular weight is 533 g/mol. The van der Waals surface area contributed by atoms with Crippen molar-refractivity contribution >= 4 is 16.6 Å². The fraction of sp³-hybridized carbons (Fsp3) is 0.536. The summed E-state index contributed by atoms with van der Waals surface area (Å²) in [5, 5.41) is 4.10. The SMILES string of the molecule is Cc1ccc(-c2cc(NC3CCN(C)CC3)c3cc(OC(F)(F)F)c(OCCCN4CCCC4)cc3n2)o1. The number of fused-ring (bicyclic) bond motifs is 1. The minimum absolute atomic E-state index is 0.0294. The third kappa shape index (κ3) is 6.71. The van der Waals surface area contributed by atoms with Crippen molar-refractivity contribution < 1.29 is 27.1 Å². The van der Waals surface area contributed by atoms with Gasteiger partial charge in [0.1, 0.15) is 11.5 Å². The summed E-state index contributed by atoms with van der Waals surface area (Å²) in [5.41, 5.74) is 1.81. The molecule has 0 unspecified atom stereocenters. The molecule has 0 radical (unpaired) electrons. The smallest absolute Gasteiger partial charge is 0.490 e. The highest BCUT2D eigenvalue weighted by Gasteiger charge is 2.33. The number of nitrogens with zero attached hydrogens (tertiary/aromatic N) is 3. The Kier molecular flexibility index (Phi) is 7.99. The number of aromatic nitrogens is 1. The monoisotopic (exact) mass is 532 g/mol. The van der Waals surface area contributed by atoms with E-state index >= 15 is 0 Å². The van der Waals surface area contributed by atoms with Crippen molar-refractivity contribution in [1.29, 1.82) is 0 Å². The molecule has 2 aliphatic heterocycles. The van der Waals surface area contributed by atoms with Crippen LogP contribution in [0, 0.1) is 6.92 Å². The predicted octanol–water partition coefficient (Wildman–Crippen LogP) is 6.07. The molecule has 1 N–H and O–H groups in total. The highest BCUT2D eigenvalue weighted by atomic mass is 19.4. The Morgan fingerprint density at radius 3 is 2.50 bits per heavy atom. The van der Waals surface area contributed by atoms with Gasteiger partial charge in [-0.25, -0.2) is 4.98 Å². The van der Waals surface area contributed by atoms with Gasteiger partial charge >= 0.3 is 6.36 Å². The number of likely N-dealkylation sites (tertiary alicyclic amines) is 2. The van der Waals surface area contributed by atoms with Crippen molar-refractivity contribution in [2.45, 2.75) is 51.4 Å². The average Bonchev–Trinajstić information content (AvgIpc) is 3.54. The minimum atomic E-state index is -4.85. The van der Waals surface area contributed by atoms with Crippen molar-refractivity contribution in [2.24, 2.45) is 0 Å². The number of anilines is 1. The van der Waals surface area contributed by atoms with E-state index in [0.29, 0.717) is 34.5 Å². The maximum atomic E-state index is 13.4. The number of rotatable bonds is 9. The molecule has 7 nitrogen and oxygen atoms in total. The lowest BCUT2D eigenvalue weighted by atomic mass is 10.0. The Morgan fingerprint density at radius 2 is 1.82 bits per heavy atom. The number of alkyl halides is 3. The fourth-order valence-corrected chi connectivity index (χ4v) is 5.22. The van der Waals surface area contributed by atoms with Crippen LogP contribution in [0.1, 0.15) is 37.9 Å². The first kappa shape index (κ1) is 26.6. The number of piperidine rings is 1. The molecule has 5 rings (SSSR count). The molecule has 1 aromatic carbocycles. The van der Waals surface area contributed by atoms with E-state index in [0.717, 1.165) is 51.3 Å². The van der Waals surface area contributed by atoms with Gasteiger partial charge in [-0.3, -0.25) is 0 Å². The standard InChI is InChI=1S/C28H35F3N4O3/c1-19-6-7-25(37-19)24-17-22(32-20-8-13-34(2)14-9-20)21-16-27(38-28(29,30)31)26(18-23(21)33-24)36-15-5-12-35-10-3-4-11-35/h6-7,16-18,20H,3-5,8-15H2,1-2H3,(H,32,33). The topological polar surface area (TPSA) is 63.0 Å². The number of ether oxygens (including phenoxy) is 2. The summed E-state index contributed by atoms with van der Waals surface area (Å²) in [4.78, 5) is 9.36. The Hall–Kier alpha value is -2.98. The molecule has 3 aromatic rings. The number of benzene rings is 1. The lowest BCUT2D eigenvalue weighted by Crippen LogP contribution is -2.36. The Labute approximate surface area is 220 Å². The summed E-state index contributed by atoms with van der Waals surface area (Å²) in [7, 11) is 2.09. The van der Waals surface area contributed by atoms with Crippen LogP contribution in [0.15, 0.2) is 34.7 Å². The van der Waals surface area contributed by atoms with Crippen molar-refractivity contribution in [3.8, 4) is 23.0 Å². The van der Waals surface area contributed by atoms with Crippen molar-refractivity contribution in [2.75, 3.05) is 51.7 Å². The Morgan fingerprint density at radius 1 is 1.05 bits per heavy atom. The normalized spacial score (nSPS) is 17.8. The summed E-state index contributed by atoms with van der Waals surface area (Å²) in [6.07, 6.45) is 0.102. The van der Waals surface area contributed by atoms with E-state index in [1.54, 1.807) is 6.07 Å². The maximum absolute atomic E-state index is 13.4. The van der Waals surface area contributed by atoms with Crippen molar-refractivity contribution in [1.82, 2.24) is 14.8 Å². The number of nitrogens with one attached hydrogen (secondary N) is 1. The van der Waals surface area contributed by atoms with Gasteiger partial charge in [0.2, 0.25) is 0 Å². The third-order valence-electron chi connectivity index (χ3n) is 7.25. The zero-order valence-corrected chi connectivity index (χ0v) is 21.9. The van der Waals surface area contributed by atoms with E-state index in [1.807, 2.05) is 25.1 Å². The molecule has 4 heterocycles. The van der Waals surface area contributed by atoms with Gasteiger partial charge in [-0.1, -0.05) is 0 Å². The van der Waals surface area contributed by atoms with Gasteiger partial charge < -0.3 is 29.0 Å². The van der Waals surface area contributed by atoms with Gasteiger partial charge in [-0.15, -0.1) is 13.2 Å². The second kappa shape index (κ2) is 11.4. The van der Waals surface area contributed by atoms with E-state index in [9.17, 15) is 13.2 Å². The van der Waals surface area contributed by atoms with Crippen LogP contribution in [-0.2, 0) is 0 Å². The molecule has 38 heavy (non-hydrogen) atoms. The molecule has 0 aliphatic carbocycles. The first-order valence-electron chi connectivity index (χ1n) is 13.3. The van der Waals surface area contributed by atoms with Crippen LogP contribution in [0.3, 0.4) is 0 Å². The van der Waals surface area contributed by atoms with E-state index in [4.69, 9.17) is 14.1 Å². The molecule has 0 atom stereocenters. The minimum Gasteiger partial charge on any atom is -0.490 e. The largest absolute Gasteiger partial charge is 0.573 e. The highest BCUT2D eigenvalue weighted by molar-refractivity contribution is 5.95.